The van der Waals surface area contributed by atoms with E-state index in [0.717, 1.165) is 18.2 Å². The van der Waals surface area contributed by atoms with Gasteiger partial charge in [0.1, 0.15) is 5.82 Å². The molecule has 0 aromatic heterocycles. The van der Waals surface area contributed by atoms with Crippen LogP contribution in [-0.2, 0) is 0 Å². The molecule has 0 radical (unpaired) electrons. The fraction of sp³-hybridized carbons (Fsp3) is 0.222. The number of carboxylic acids is 1. The van der Waals surface area contributed by atoms with Crippen molar-refractivity contribution in [2.75, 3.05) is 6.54 Å². The van der Waals surface area contributed by atoms with Gasteiger partial charge in [0, 0.05) is 6.54 Å². The Balaban J connectivity index is 3.22. The van der Waals surface area contributed by atoms with E-state index in [9.17, 15) is 14.3 Å². The number of nitrogens with two attached hydrogens (primary N) is 1. The molecule has 0 aliphatic heterocycles. The zero-order chi connectivity index (χ0) is 10.7. The number of hydrogen-bond donors (Lipinski definition) is 3. The molecule has 0 heterocycles. The van der Waals surface area contributed by atoms with Gasteiger partial charge in [-0.25, -0.2) is 9.18 Å². The third-order valence-electron chi connectivity index (χ3n) is 1.83. The Hall–Kier alpha value is -1.46. The molecular formula is C9H10FNO3. The topological polar surface area (TPSA) is 83.5 Å². The van der Waals surface area contributed by atoms with E-state index in [0.29, 0.717) is 0 Å². The number of benzene rings is 1. The number of rotatable bonds is 3. The molecule has 4 N–H and O–H groups in total. The first-order valence-electron chi connectivity index (χ1n) is 3.97. The Kier molecular flexibility index (Phi) is 3.16. The van der Waals surface area contributed by atoms with Gasteiger partial charge in [-0.1, -0.05) is 0 Å². The zero-order valence-corrected chi connectivity index (χ0v) is 7.27. The highest BCUT2D eigenvalue weighted by Gasteiger charge is 2.16. The molecule has 1 aromatic rings. The Morgan fingerprint density at radius 2 is 2.21 bits per heavy atom. The van der Waals surface area contributed by atoms with Crippen LogP contribution in [0.15, 0.2) is 18.2 Å². The van der Waals surface area contributed by atoms with Gasteiger partial charge < -0.3 is 15.9 Å². The molecule has 0 bridgehead atoms. The van der Waals surface area contributed by atoms with Crippen molar-refractivity contribution in [1.29, 1.82) is 0 Å². The largest absolute Gasteiger partial charge is 0.478 e. The normalized spacial score (nSPS) is 12.5. The number of aliphatic hydroxyl groups excluding tert-OH is 1. The molecule has 0 amide bonds. The van der Waals surface area contributed by atoms with Crippen LogP contribution < -0.4 is 5.73 Å². The SMILES string of the molecule is NCC(O)c1cc(F)ccc1C(=O)O. The molecular weight excluding hydrogens is 189 g/mol. The fourth-order valence-electron chi connectivity index (χ4n) is 1.13. The first-order valence-corrected chi connectivity index (χ1v) is 3.97. The van der Waals surface area contributed by atoms with E-state index >= 15 is 0 Å². The molecule has 1 atom stereocenters. The molecule has 14 heavy (non-hydrogen) atoms. The van der Waals surface area contributed by atoms with Gasteiger partial charge in [0.25, 0.3) is 0 Å². The summed E-state index contributed by atoms with van der Waals surface area (Å²) in [5.41, 5.74) is 5.02. The maximum Gasteiger partial charge on any atom is 0.336 e. The molecule has 1 unspecified atom stereocenters. The highest BCUT2D eigenvalue weighted by molar-refractivity contribution is 5.89. The van der Waals surface area contributed by atoms with E-state index in [1.807, 2.05) is 0 Å². The van der Waals surface area contributed by atoms with Gasteiger partial charge in [-0.05, 0) is 23.8 Å². The standard InChI is InChI=1S/C9H10FNO3/c10-5-1-2-6(9(13)14)7(3-5)8(12)4-11/h1-3,8,12H,4,11H2,(H,13,14). The molecule has 0 aliphatic carbocycles. The summed E-state index contributed by atoms with van der Waals surface area (Å²) < 4.78 is 12.8. The van der Waals surface area contributed by atoms with Crippen molar-refractivity contribution in [2.45, 2.75) is 6.10 Å². The van der Waals surface area contributed by atoms with Crippen LogP contribution >= 0.6 is 0 Å². The van der Waals surface area contributed by atoms with E-state index in [1.165, 1.54) is 0 Å². The van der Waals surface area contributed by atoms with E-state index in [4.69, 9.17) is 10.8 Å². The van der Waals surface area contributed by atoms with Gasteiger partial charge in [-0.15, -0.1) is 0 Å². The maximum atomic E-state index is 12.8. The lowest BCUT2D eigenvalue weighted by Gasteiger charge is -2.11. The average Bonchev–Trinajstić information content (AvgIpc) is 2.16. The maximum absolute atomic E-state index is 12.8. The third-order valence-corrected chi connectivity index (χ3v) is 1.83. The van der Waals surface area contributed by atoms with Gasteiger partial charge in [0.15, 0.2) is 0 Å². The lowest BCUT2D eigenvalue weighted by molar-refractivity contribution is 0.0689. The minimum atomic E-state index is -1.22. The van der Waals surface area contributed by atoms with Crippen molar-refractivity contribution in [1.82, 2.24) is 0 Å². The minimum absolute atomic E-state index is 0.000000000000000444. The number of halogens is 1. The van der Waals surface area contributed by atoms with Gasteiger partial charge in [-0.2, -0.15) is 0 Å². The molecule has 1 aromatic carbocycles. The Labute approximate surface area is 79.8 Å². The molecule has 76 valence electrons. The Morgan fingerprint density at radius 1 is 1.57 bits per heavy atom. The summed E-state index contributed by atoms with van der Waals surface area (Å²) in [6, 6.07) is 3.10. The van der Waals surface area contributed by atoms with E-state index in [2.05, 4.69) is 0 Å². The highest BCUT2D eigenvalue weighted by atomic mass is 19.1. The number of carboxylic acid groups (broad SMARTS) is 1. The van der Waals surface area contributed by atoms with Crippen LogP contribution in [0.3, 0.4) is 0 Å². The first kappa shape index (κ1) is 10.6. The van der Waals surface area contributed by atoms with E-state index < -0.39 is 17.9 Å². The molecule has 5 heteroatoms. The van der Waals surface area contributed by atoms with Crippen molar-refractivity contribution in [3.8, 4) is 0 Å². The summed E-state index contributed by atoms with van der Waals surface area (Å²) in [7, 11) is 0. The molecule has 1 rings (SSSR count). The predicted octanol–water partition coefficient (Wildman–Crippen LogP) is 0.516. The number of aliphatic hydroxyl groups is 1. The molecule has 4 nitrogen and oxygen atoms in total. The average molecular weight is 199 g/mol. The monoisotopic (exact) mass is 199 g/mol. The number of hydrogen-bond acceptors (Lipinski definition) is 3. The summed E-state index contributed by atoms with van der Waals surface area (Å²) in [6.07, 6.45) is -1.16. The first-order chi connectivity index (χ1) is 6.56. The van der Waals surface area contributed by atoms with E-state index in [-0.39, 0.29) is 17.7 Å². The van der Waals surface area contributed by atoms with E-state index in [1.54, 1.807) is 0 Å². The van der Waals surface area contributed by atoms with Crippen molar-refractivity contribution in [2.24, 2.45) is 5.73 Å². The molecule has 0 aliphatic rings. The van der Waals surface area contributed by atoms with Gasteiger partial charge in [0.05, 0.1) is 11.7 Å². The summed E-state index contributed by atoms with van der Waals surface area (Å²) >= 11 is 0. The summed E-state index contributed by atoms with van der Waals surface area (Å²) in [4.78, 5) is 10.7. The van der Waals surface area contributed by atoms with Gasteiger partial charge >= 0.3 is 5.97 Å². The van der Waals surface area contributed by atoms with Crippen molar-refractivity contribution < 1.29 is 19.4 Å². The van der Waals surface area contributed by atoms with Crippen LogP contribution in [0.1, 0.15) is 22.0 Å². The Morgan fingerprint density at radius 3 is 2.71 bits per heavy atom. The predicted molar refractivity (Wildman–Crippen MR) is 47.4 cm³/mol. The van der Waals surface area contributed by atoms with Crippen LogP contribution in [0.25, 0.3) is 0 Å². The van der Waals surface area contributed by atoms with Gasteiger partial charge in [0.2, 0.25) is 0 Å². The van der Waals surface area contributed by atoms with Crippen molar-refractivity contribution in [3.63, 3.8) is 0 Å². The smallest absolute Gasteiger partial charge is 0.336 e. The van der Waals surface area contributed by atoms with Gasteiger partial charge in [-0.3, -0.25) is 0 Å². The summed E-state index contributed by atoms with van der Waals surface area (Å²) in [5, 5.41) is 18.1. The Bertz CT molecular complexity index is 354. The number of aromatic carboxylic acids is 1. The lowest BCUT2D eigenvalue weighted by Crippen LogP contribution is -2.15. The van der Waals surface area contributed by atoms with Crippen molar-refractivity contribution >= 4 is 5.97 Å². The second-order valence-electron chi connectivity index (χ2n) is 2.79. The third kappa shape index (κ3) is 2.07. The molecule has 0 saturated carbocycles. The fourth-order valence-corrected chi connectivity index (χ4v) is 1.13. The second-order valence-corrected chi connectivity index (χ2v) is 2.79. The summed E-state index contributed by atoms with van der Waals surface area (Å²) in [6.45, 7) is -0.149. The molecule has 0 spiro atoms. The van der Waals surface area contributed by atoms with Crippen LogP contribution in [-0.4, -0.2) is 22.7 Å². The summed E-state index contributed by atoms with van der Waals surface area (Å²) in [5.74, 6) is -1.81. The highest BCUT2D eigenvalue weighted by Crippen LogP contribution is 2.18. The lowest BCUT2D eigenvalue weighted by atomic mass is 10.0. The van der Waals surface area contributed by atoms with Crippen LogP contribution in [0.4, 0.5) is 4.39 Å². The molecule has 0 fully saturated rings. The quantitative estimate of drug-likeness (QED) is 0.662. The van der Waals surface area contributed by atoms with Crippen LogP contribution in [0, 0.1) is 5.82 Å². The van der Waals surface area contributed by atoms with Crippen LogP contribution in [0.2, 0.25) is 0 Å². The minimum Gasteiger partial charge on any atom is -0.478 e. The molecule has 0 saturated heterocycles. The van der Waals surface area contributed by atoms with Crippen molar-refractivity contribution in [3.05, 3.63) is 35.1 Å². The number of carbonyl (C=O) groups is 1. The second kappa shape index (κ2) is 4.17. The van der Waals surface area contributed by atoms with Crippen LogP contribution in [0.5, 0.6) is 0 Å². The zero-order valence-electron chi connectivity index (χ0n) is 7.27.